The molecule has 1 saturated heterocycles. The standard InChI is InChI=1S/C20H23ClN4S/c1-4-15-16(14-6-5-12(2)13(3)11-14)17-18(25-9-7-22-8-10-25)23-20(21)24-19(17)26-15/h5-6,11,22H,4,7-10H2,1-3H3. The topological polar surface area (TPSA) is 41.1 Å². The summed E-state index contributed by atoms with van der Waals surface area (Å²) in [5.41, 5.74) is 5.15. The molecule has 1 fully saturated rings. The Kier molecular flexibility index (Phi) is 4.86. The molecule has 136 valence electrons. The van der Waals surface area contributed by atoms with Crippen molar-refractivity contribution in [2.45, 2.75) is 27.2 Å². The highest BCUT2D eigenvalue weighted by Crippen LogP contribution is 2.43. The van der Waals surface area contributed by atoms with Crippen LogP contribution in [0.2, 0.25) is 5.28 Å². The summed E-state index contributed by atoms with van der Waals surface area (Å²) in [4.78, 5) is 13.9. The second kappa shape index (κ2) is 7.14. The Labute approximate surface area is 163 Å². The van der Waals surface area contributed by atoms with E-state index in [9.17, 15) is 0 Å². The average molecular weight is 387 g/mol. The molecule has 1 aliphatic heterocycles. The van der Waals surface area contributed by atoms with Crippen LogP contribution in [0.25, 0.3) is 21.3 Å². The lowest BCUT2D eigenvalue weighted by molar-refractivity contribution is 0.586. The third-order valence-electron chi connectivity index (χ3n) is 5.11. The van der Waals surface area contributed by atoms with Crippen LogP contribution >= 0.6 is 22.9 Å². The lowest BCUT2D eigenvalue weighted by Crippen LogP contribution is -2.44. The summed E-state index contributed by atoms with van der Waals surface area (Å²) in [6.45, 7) is 10.3. The average Bonchev–Trinajstić information content (AvgIpc) is 3.02. The van der Waals surface area contributed by atoms with Crippen LogP contribution in [0, 0.1) is 13.8 Å². The van der Waals surface area contributed by atoms with E-state index in [2.05, 4.69) is 59.2 Å². The number of benzene rings is 1. The van der Waals surface area contributed by atoms with Gasteiger partial charge in [0.05, 0.1) is 5.39 Å². The van der Waals surface area contributed by atoms with Crippen LogP contribution in [0.3, 0.4) is 0 Å². The first kappa shape index (κ1) is 17.7. The molecule has 26 heavy (non-hydrogen) atoms. The van der Waals surface area contributed by atoms with Crippen molar-refractivity contribution >= 4 is 39.0 Å². The smallest absolute Gasteiger partial charge is 0.225 e. The van der Waals surface area contributed by atoms with Gasteiger partial charge in [0.25, 0.3) is 0 Å². The zero-order valence-electron chi connectivity index (χ0n) is 15.4. The van der Waals surface area contributed by atoms with Crippen LogP contribution in [0.1, 0.15) is 22.9 Å². The third-order valence-corrected chi connectivity index (χ3v) is 6.51. The van der Waals surface area contributed by atoms with Crippen molar-refractivity contribution in [1.29, 1.82) is 0 Å². The molecule has 6 heteroatoms. The largest absolute Gasteiger partial charge is 0.353 e. The van der Waals surface area contributed by atoms with E-state index in [0.29, 0.717) is 5.28 Å². The van der Waals surface area contributed by atoms with Gasteiger partial charge in [-0.25, -0.2) is 4.98 Å². The van der Waals surface area contributed by atoms with Gasteiger partial charge < -0.3 is 10.2 Å². The Bertz CT molecular complexity index is 960. The number of hydrogen-bond donors (Lipinski definition) is 1. The van der Waals surface area contributed by atoms with Crippen LogP contribution in [-0.2, 0) is 6.42 Å². The van der Waals surface area contributed by atoms with Gasteiger partial charge in [-0.3, -0.25) is 0 Å². The summed E-state index contributed by atoms with van der Waals surface area (Å²) >= 11 is 8.03. The van der Waals surface area contributed by atoms with Gasteiger partial charge in [0.2, 0.25) is 5.28 Å². The monoisotopic (exact) mass is 386 g/mol. The van der Waals surface area contributed by atoms with Crippen molar-refractivity contribution in [3.63, 3.8) is 0 Å². The number of aryl methyl sites for hydroxylation is 3. The Morgan fingerprint density at radius 1 is 1.15 bits per heavy atom. The van der Waals surface area contributed by atoms with Gasteiger partial charge in [0, 0.05) is 36.6 Å². The zero-order valence-corrected chi connectivity index (χ0v) is 17.0. The van der Waals surface area contributed by atoms with Gasteiger partial charge >= 0.3 is 0 Å². The number of piperazine rings is 1. The second-order valence-corrected chi connectivity index (χ2v) is 8.21. The summed E-state index contributed by atoms with van der Waals surface area (Å²) in [6, 6.07) is 6.71. The fourth-order valence-electron chi connectivity index (χ4n) is 3.56. The van der Waals surface area contributed by atoms with Crippen molar-refractivity contribution in [3.05, 3.63) is 39.5 Å². The molecule has 0 unspecified atom stereocenters. The molecule has 0 saturated carbocycles. The van der Waals surface area contributed by atoms with Gasteiger partial charge in [0.15, 0.2) is 0 Å². The van der Waals surface area contributed by atoms with Crippen LogP contribution in [0.4, 0.5) is 5.82 Å². The molecule has 0 amide bonds. The zero-order chi connectivity index (χ0) is 18.3. The molecule has 1 aliphatic rings. The molecule has 1 aromatic carbocycles. The minimum Gasteiger partial charge on any atom is -0.353 e. The molecule has 1 N–H and O–H groups in total. The molecular weight excluding hydrogens is 364 g/mol. The highest BCUT2D eigenvalue weighted by molar-refractivity contribution is 7.19. The van der Waals surface area contributed by atoms with Crippen molar-refractivity contribution < 1.29 is 0 Å². The van der Waals surface area contributed by atoms with E-state index in [1.165, 1.54) is 27.1 Å². The molecule has 0 atom stereocenters. The minimum atomic E-state index is 0.335. The SMILES string of the molecule is CCc1sc2nc(Cl)nc(N3CCNCC3)c2c1-c1ccc(C)c(C)c1. The van der Waals surface area contributed by atoms with Crippen molar-refractivity contribution in [1.82, 2.24) is 15.3 Å². The molecule has 4 nitrogen and oxygen atoms in total. The van der Waals surface area contributed by atoms with Crippen molar-refractivity contribution in [2.75, 3.05) is 31.1 Å². The Balaban J connectivity index is 1.99. The predicted molar refractivity (Wildman–Crippen MR) is 112 cm³/mol. The Morgan fingerprint density at radius 3 is 2.62 bits per heavy atom. The first-order valence-corrected chi connectivity index (χ1v) is 10.3. The maximum absolute atomic E-state index is 6.28. The number of rotatable bonds is 3. The maximum Gasteiger partial charge on any atom is 0.225 e. The van der Waals surface area contributed by atoms with E-state index >= 15 is 0 Å². The van der Waals surface area contributed by atoms with E-state index in [0.717, 1.165) is 48.6 Å². The summed E-state index contributed by atoms with van der Waals surface area (Å²) in [5.74, 6) is 0.977. The molecular formula is C20H23ClN4S. The highest BCUT2D eigenvalue weighted by Gasteiger charge is 2.23. The fourth-order valence-corrected chi connectivity index (χ4v) is 4.90. The molecule has 3 aromatic rings. The number of nitrogens with zero attached hydrogens (tertiary/aromatic N) is 3. The van der Waals surface area contributed by atoms with Gasteiger partial charge in [-0.15, -0.1) is 11.3 Å². The van der Waals surface area contributed by atoms with E-state index in [-0.39, 0.29) is 0 Å². The van der Waals surface area contributed by atoms with Crippen molar-refractivity contribution in [2.24, 2.45) is 0 Å². The van der Waals surface area contributed by atoms with E-state index < -0.39 is 0 Å². The summed E-state index contributed by atoms with van der Waals surface area (Å²) in [5, 5.41) is 4.90. The number of anilines is 1. The van der Waals surface area contributed by atoms with Crippen LogP contribution in [0.5, 0.6) is 0 Å². The first-order chi connectivity index (χ1) is 12.6. The molecule has 3 heterocycles. The number of hydrogen-bond acceptors (Lipinski definition) is 5. The molecule has 0 spiro atoms. The Morgan fingerprint density at radius 2 is 1.92 bits per heavy atom. The maximum atomic E-state index is 6.28. The van der Waals surface area contributed by atoms with Crippen LogP contribution in [-0.4, -0.2) is 36.1 Å². The van der Waals surface area contributed by atoms with Gasteiger partial charge in [0.1, 0.15) is 10.6 Å². The fraction of sp³-hybridized carbons (Fsp3) is 0.400. The van der Waals surface area contributed by atoms with Gasteiger partial charge in [-0.2, -0.15) is 4.98 Å². The highest BCUT2D eigenvalue weighted by atomic mass is 35.5. The van der Waals surface area contributed by atoms with Gasteiger partial charge in [-0.05, 0) is 48.6 Å². The Hall–Kier alpha value is -1.69. The minimum absolute atomic E-state index is 0.335. The van der Waals surface area contributed by atoms with Crippen LogP contribution in [0.15, 0.2) is 18.2 Å². The number of nitrogens with one attached hydrogen (secondary N) is 1. The molecule has 0 aliphatic carbocycles. The summed E-state index contributed by atoms with van der Waals surface area (Å²) < 4.78 is 0. The molecule has 0 radical (unpaired) electrons. The summed E-state index contributed by atoms with van der Waals surface area (Å²) in [6.07, 6.45) is 0.974. The lowest BCUT2D eigenvalue weighted by Gasteiger charge is -2.29. The molecule has 0 bridgehead atoms. The second-order valence-electron chi connectivity index (χ2n) is 6.79. The number of thiophene rings is 1. The van der Waals surface area contributed by atoms with E-state index in [1.807, 2.05) is 0 Å². The predicted octanol–water partition coefficient (Wildman–Crippen LogP) is 4.60. The number of fused-ring (bicyclic) bond motifs is 1. The van der Waals surface area contributed by atoms with Crippen molar-refractivity contribution in [3.8, 4) is 11.1 Å². The first-order valence-electron chi connectivity index (χ1n) is 9.10. The number of halogens is 1. The van der Waals surface area contributed by atoms with Crippen LogP contribution < -0.4 is 10.2 Å². The molecule has 2 aromatic heterocycles. The normalized spacial score (nSPS) is 15.0. The summed E-state index contributed by atoms with van der Waals surface area (Å²) in [7, 11) is 0. The molecule has 4 rings (SSSR count). The lowest BCUT2D eigenvalue weighted by atomic mass is 9.98. The third kappa shape index (κ3) is 3.08. The van der Waals surface area contributed by atoms with E-state index in [4.69, 9.17) is 11.6 Å². The van der Waals surface area contributed by atoms with Gasteiger partial charge in [-0.1, -0.05) is 25.1 Å². The van der Waals surface area contributed by atoms with E-state index in [1.54, 1.807) is 11.3 Å². The quantitative estimate of drug-likeness (QED) is 0.668. The number of aromatic nitrogens is 2.